The molecule has 1 saturated heterocycles. The van der Waals surface area contributed by atoms with Crippen molar-refractivity contribution in [1.29, 1.82) is 0 Å². The van der Waals surface area contributed by atoms with Crippen molar-refractivity contribution in [3.63, 3.8) is 0 Å². The number of fused-ring (bicyclic) bond motifs is 2. The first-order valence-corrected chi connectivity index (χ1v) is 16.3. The molecule has 2 aliphatic rings. The Labute approximate surface area is 263 Å². The van der Waals surface area contributed by atoms with Crippen LogP contribution in [0.3, 0.4) is 0 Å². The number of sulfone groups is 1. The van der Waals surface area contributed by atoms with Crippen LogP contribution in [0, 0.1) is 12.7 Å². The quantitative estimate of drug-likeness (QED) is 0.322. The summed E-state index contributed by atoms with van der Waals surface area (Å²) in [5.41, 5.74) is -0.152. The van der Waals surface area contributed by atoms with Crippen molar-refractivity contribution < 1.29 is 22.7 Å². The maximum Gasteiger partial charge on any atom is 0.355 e. The average Bonchev–Trinajstić information content (AvgIpc) is 3.06. The molecule has 14 heteroatoms. The van der Waals surface area contributed by atoms with E-state index in [0.717, 1.165) is 6.07 Å². The fourth-order valence-corrected chi connectivity index (χ4v) is 8.69. The molecule has 0 spiro atoms. The van der Waals surface area contributed by atoms with Gasteiger partial charge >= 0.3 is 5.69 Å². The highest BCUT2D eigenvalue weighted by Gasteiger charge is 2.44. The number of rotatable bonds is 4. The van der Waals surface area contributed by atoms with Crippen molar-refractivity contribution in [2.75, 3.05) is 23.7 Å². The zero-order valence-electron chi connectivity index (χ0n) is 25.0. The van der Waals surface area contributed by atoms with Gasteiger partial charge in [0.15, 0.2) is 15.5 Å². The standard InChI is InChI=1S/C31H30ClFN6O5S/c1-6-21(41)37-13-18-14-45(43,44)28-23-29(38(18)12-17(37)5)36-31(42)39(27-16(4)10-11-34-25(27)15(2)3)30(23)35-26(24(28)32)22-19(33)8-7-9-20(22)40/h6-11,15,17-18,40H,1,12-14H2,2-5H3. The summed E-state index contributed by atoms with van der Waals surface area (Å²) in [6, 6.07) is 4.12. The summed E-state index contributed by atoms with van der Waals surface area (Å²) in [5, 5.41) is 10.3. The summed E-state index contributed by atoms with van der Waals surface area (Å²) < 4.78 is 45.3. The predicted octanol–water partition coefficient (Wildman–Crippen LogP) is 4.15. The fraction of sp³-hybridized carbons (Fsp3) is 0.323. The number of anilines is 1. The van der Waals surface area contributed by atoms with E-state index in [1.54, 1.807) is 31.0 Å². The largest absolute Gasteiger partial charge is 0.507 e. The Hall–Kier alpha value is -4.36. The molecule has 0 aliphatic carbocycles. The molecular formula is C31H30ClFN6O5S. The van der Waals surface area contributed by atoms with E-state index in [0.29, 0.717) is 16.9 Å². The van der Waals surface area contributed by atoms with Gasteiger partial charge in [-0.25, -0.2) is 27.2 Å². The number of carbonyl (C=O) groups is 1. The van der Waals surface area contributed by atoms with Gasteiger partial charge in [-0.3, -0.25) is 9.78 Å². The van der Waals surface area contributed by atoms with Crippen LogP contribution >= 0.6 is 11.6 Å². The molecule has 0 saturated carbocycles. The van der Waals surface area contributed by atoms with Crippen molar-refractivity contribution >= 4 is 44.2 Å². The molecule has 1 amide bonds. The van der Waals surface area contributed by atoms with Gasteiger partial charge in [-0.1, -0.05) is 38.1 Å². The molecule has 45 heavy (non-hydrogen) atoms. The number of aromatic hydroxyl groups is 1. The van der Waals surface area contributed by atoms with Crippen LogP contribution < -0.4 is 10.6 Å². The van der Waals surface area contributed by atoms with Crippen molar-refractivity contribution in [3.8, 4) is 22.7 Å². The van der Waals surface area contributed by atoms with Crippen LogP contribution in [0.2, 0.25) is 5.02 Å². The summed E-state index contributed by atoms with van der Waals surface area (Å²) in [6.07, 6.45) is 2.77. The van der Waals surface area contributed by atoms with Gasteiger partial charge in [-0.2, -0.15) is 4.98 Å². The lowest BCUT2D eigenvalue weighted by Gasteiger charge is -2.44. The Morgan fingerprint density at radius 1 is 1.22 bits per heavy atom. The molecule has 4 aromatic rings. The highest BCUT2D eigenvalue weighted by molar-refractivity contribution is 7.91. The third kappa shape index (κ3) is 4.76. The number of carbonyl (C=O) groups excluding carboxylic acids is 1. The summed E-state index contributed by atoms with van der Waals surface area (Å²) in [7, 11) is -4.32. The minimum Gasteiger partial charge on any atom is -0.507 e. The zero-order chi connectivity index (χ0) is 32.5. The maximum absolute atomic E-state index is 15.3. The van der Waals surface area contributed by atoms with Gasteiger partial charge in [0.1, 0.15) is 22.3 Å². The number of nitrogens with zero attached hydrogens (tertiary/aromatic N) is 6. The number of amides is 1. The Kier molecular flexibility index (Phi) is 7.44. The van der Waals surface area contributed by atoms with Crippen LogP contribution in [0.25, 0.3) is 28.0 Å². The Bertz CT molecular complexity index is 2080. The van der Waals surface area contributed by atoms with Crippen molar-refractivity contribution in [1.82, 2.24) is 24.4 Å². The molecular weight excluding hydrogens is 623 g/mol. The van der Waals surface area contributed by atoms with E-state index >= 15 is 4.39 Å². The van der Waals surface area contributed by atoms with Crippen molar-refractivity contribution in [2.45, 2.75) is 50.6 Å². The maximum atomic E-state index is 15.3. The average molecular weight is 653 g/mol. The molecule has 5 heterocycles. The lowest BCUT2D eigenvalue weighted by molar-refractivity contribution is -0.128. The van der Waals surface area contributed by atoms with Crippen molar-refractivity contribution in [3.05, 3.63) is 75.7 Å². The third-order valence-electron chi connectivity index (χ3n) is 8.35. The van der Waals surface area contributed by atoms with Crippen LogP contribution in [0.15, 0.2) is 52.8 Å². The lowest BCUT2D eigenvalue weighted by Crippen LogP contribution is -2.60. The van der Waals surface area contributed by atoms with Crippen LogP contribution in [0.5, 0.6) is 5.75 Å². The molecule has 1 fully saturated rings. The molecule has 1 N–H and O–H groups in total. The molecule has 1 aromatic carbocycles. The van der Waals surface area contributed by atoms with Gasteiger partial charge in [-0.15, -0.1) is 0 Å². The topological polar surface area (TPSA) is 139 Å². The van der Waals surface area contributed by atoms with E-state index < -0.39 is 49.5 Å². The predicted molar refractivity (Wildman–Crippen MR) is 168 cm³/mol. The van der Waals surface area contributed by atoms with Crippen LogP contribution in [-0.2, 0) is 14.6 Å². The number of phenolic OH excluding ortho intramolecular Hbond substituents is 1. The van der Waals surface area contributed by atoms with Gasteiger partial charge in [0.2, 0.25) is 5.91 Å². The smallest absolute Gasteiger partial charge is 0.355 e. The number of hydrogen-bond donors (Lipinski definition) is 1. The molecule has 2 atom stereocenters. The van der Waals surface area contributed by atoms with Crippen LogP contribution in [-0.4, -0.2) is 74.8 Å². The summed E-state index contributed by atoms with van der Waals surface area (Å²) >= 11 is 6.86. The summed E-state index contributed by atoms with van der Waals surface area (Å²) in [6.45, 7) is 11.1. The number of phenols is 1. The van der Waals surface area contributed by atoms with E-state index in [1.165, 1.54) is 27.7 Å². The lowest BCUT2D eigenvalue weighted by atomic mass is 10.0. The van der Waals surface area contributed by atoms with Gasteiger partial charge in [0, 0.05) is 25.3 Å². The van der Waals surface area contributed by atoms with Crippen molar-refractivity contribution in [2.24, 2.45) is 0 Å². The summed E-state index contributed by atoms with van der Waals surface area (Å²) in [4.78, 5) is 43.3. The Morgan fingerprint density at radius 3 is 2.62 bits per heavy atom. The Morgan fingerprint density at radius 2 is 1.96 bits per heavy atom. The molecule has 0 bridgehead atoms. The van der Waals surface area contributed by atoms with E-state index in [1.807, 2.05) is 13.8 Å². The number of benzene rings is 1. The SMILES string of the molecule is C=CC(=O)N1CC2CS(=O)(=O)c3c(Cl)c(-c4c(O)cccc4F)nc4c3c(nc(=O)n4-c3c(C)ccnc3C(C)C)N2CC1C. The second-order valence-corrected chi connectivity index (χ2v) is 14.0. The first-order valence-electron chi connectivity index (χ1n) is 14.3. The zero-order valence-corrected chi connectivity index (χ0v) is 26.5. The van der Waals surface area contributed by atoms with Gasteiger partial charge in [0.05, 0.1) is 44.8 Å². The number of hydrogen-bond acceptors (Lipinski definition) is 9. The van der Waals surface area contributed by atoms with Gasteiger partial charge < -0.3 is 14.9 Å². The first-order chi connectivity index (χ1) is 21.3. The number of pyridine rings is 2. The number of halogens is 2. The van der Waals surface area contributed by atoms with Gasteiger partial charge in [-0.05, 0) is 49.6 Å². The number of aromatic nitrogens is 4. The van der Waals surface area contributed by atoms with Crippen LogP contribution in [0.4, 0.5) is 10.2 Å². The number of aryl methyl sites for hydroxylation is 1. The second-order valence-electron chi connectivity index (χ2n) is 11.6. The first kappa shape index (κ1) is 30.7. The van der Waals surface area contributed by atoms with E-state index in [2.05, 4.69) is 21.5 Å². The highest BCUT2D eigenvalue weighted by Crippen LogP contribution is 2.46. The highest BCUT2D eigenvalue weighted by atomic mass is 35.5. The molecule has 234 valence electrons. The third-order valence-corrected chi connectivity index (χ3v) is 10.7. The van der Waals surface area contributed by atoms with Gasteiger partial charge in [0.25, 0.3) is 0 Å². The van der Waals surface area contributed by atoms with E-state index in [-0.39, 0.29) is 58.4 Å². The van der Waals surface area contributed by atoms with E-state index in [4.69, 9.17) is 11.6 Å². The minimum absolute atomic E-state index is 0.0106. The number of piperazine rings is 1. The second kappa shape index (κ2) is 10.9. The molecule has 2 aliphatic heterocycles. The molecule has 0 radical (unpaired) electrons. The molecule has 3 aromatic heterocycles. The van der Waals surface area contributed by atoms with E-state index in [9.17, 15) is 23.1 Å². The van der Waals surface area contributed by atoms with Crippen LogP contribution in [0.1, 0.15) is 37.9 Å². The molecule has 6 rings (SSSR count). The molecule has 2 unspecified atom stereocenters. The minimum atomic E-state index is -4.32. The summed E-state index contributed by atoms with van der Waals surface area (Å²) in [5.74, 6) is -2.39. The monoisotopic (exact) mass is 652 g/mol. The normalized spacial score (nSPS) is 19.0. The molecule has 11 nitrogen and oxygen atoms in total. The Balaban J connectivity index is 1.80. The fourth-order valence-electron chi connectivity index (χ4n) is 6.28.